The Labute approximate surface area is 184 Å². The molecule has 2 aromatic heterocycles. The minimum absolute atomic E-state index is 0.135. The zero-order valence-electron chi connectivity index (χ0n) is 17.4. The summed E-state index contributed by atoms with van der Waals surface area (Å²) in [6, 6.07) is 13.4. The summed E-state index contributed by atoms with van der Waals surface area (Å²) in [6.45, 7) is 5.13. The van der Waals surface area contributed by atoms with Gasteiger partial charge in [-0.15, -0.1) is 11.3 Å². The number of carbonyl (C=O) groups is 1. The number of rotatable bonds is 8. The number of aromatic carboxylic acids is 1. The van der Waals surface area contributed by atoms with Crippen molar-refractivity contribution in [3.05, 3.63) is 70.9 Å². The molecule has 0 unspecified atom stereocenters. The third-order valence-corrected chi connectivity index (χ3v) is 6.21. The molecule has 0 fully saturated rings. The third kappa shape index (κ3) is 4.51. The summed E-state index contributed by atoms with van der Waals surface area (Å²) in [5, 5.41) is 16.1. The van der Waals surface area contributed by atoms with E-state index in [0.717, 1.165) is 24.3 Å². The highest BCUT2D eigenvalue weighted by molar-refractivity contribution is 7.17. The number of ether oxygens (including phenoxy) is 1. The summed E-state index contributed by atoms with van der Waals surface area (Å²) in [5.74, 6) is 0.0382. The van der Waals surface area contributed by atoms with Crippen LogP contribution in [0.2, 0.25) is 0 Å². The molecule has 2 N–H and O–H groups in total. The first-order valence-corrected chi connectivity index (χ1v) is 11.0. The van der Waals surface area contributed by atoms with Gasteiger partial charge in [-0.3, -0.25) is 0 Å². The van der Waals surface area contributed by atoms with Gasteiger partial charge in [-0.05, 0) is 60.4 Å². The van der Waals surface area contributed by atoms with Crippen molar-refractivity contribution in [1.82, 2.24) is 9.97 Å². The summed E-state index contributed by atoms with van der Waals surface area (Å²) < 4.78 is 6.85. The van der Waals surface area contributed by atoms with Crippen molar-refractivity contribution in [3.8, 4) is 17.0 Å². The van der Waals surface area contributed by atoms with Gasteiger partial charge < -0.3 is 15.2 Å². The number of carboxylic acid groups (broad SMARTS) is 1. The second-order valence-corrected chi connectivity index (χ2v) is 8.02. The molecule has 0 radical (unpaired) electrons. The molecule has 7 heteroatoms. The van der Waals surface area contributed by atoms with Crippen LogP contribution in [0.4, 0.5) is 5.82 Å². The number of nitrogens with one attached hydrogen (secondary N) is 1. The molecule has 0 amide bonds. The van der Waals surface area contributed by atoms with Crippen molar-refractivity contribution in [2.75, 3.05) is 18.5 Å². The Morgan fingerprint density at radius 3 is 2.84 bits per heavy atom. The number of thiophene rings is 1. The largest absolute Gasteiger partial charge is 0.493 e. The van der Waals surface area contributed by atoms with Crippen LogP contribution >= 0.6 is 11.3 Å². The fourth-order valence-electron chi connectivity index (χ4n) is 3.56. The summed E-state index contributed by atoms with van der Waals surface area (Å²) in [6.07, 6.45) is 2.40. The van der Waals surface area contributed by atoms with Crippen molar-refractivity contribution >= 4 is 33.2 Å². The molecule has 2 heterocycles. The number of carboxylic acids is 1. The summed E-state index contributed by atoms with van der Waals surface area (Å²) in [7, 11) is 0. The van der Waals surface area contributed by atoms with Crippen LogP contribution in [0.15, 0.2) is 54.2 Å². The van der Waals surface area contributed by atoms with E-state index in [-0.39, 0.29) is 5.56 Å². The van der Waals surface area contributed by atoms with E-state index in [1.165, 1.54) is 27.5 Å². The second-order valence-electron chi connectivity index (χ2n) is 7.10. The van der Waals surface area contributed by atoms with Crippen LogP contribution in [-0.4, -0.2) is 34.2 Å². The van der Waals surface area contributed by atoms with Gasteiger partial charge in [0.15, 0.2) is 0 Å². The SMILES string of the molecule is CCOc1cc(-c2cc(NCCc3ccc4ccsc4c3C)ncn2)ccc1C(=O)O. The topological polar surface area (TPSA) is 84.3 Å². The van der Waals surface area contributed by atoms with E-state index in [4.69, 9.17) is 4.74 Å². The van der Waals surface area contributed by atoms with E-state index >= 15 is 0 Å². The molecule has 0 saturated heterocycles. The van der Waals surface area contributed by atoms with Crippen LogP contribution in [0.3, 0.4) is 0 Å². The highest BCUT2D eigenvalue weighted by Crippen LogP contribution is 2.28. The summed E-state index contributed by atoms with van der Waals surface area (Å²) >= 11 is 1.78. The molecule has 0 aliphatic rings. The summed E-state index contributed by atoms with van der Waals surface area (Å²) in [4.78, 5) is 20.1. The van der Waals surface area contributed by atoms with Gasteiger partial charge in [-0.2, -0.15) is 0 Å². The highest BCUT2D eigenvalue weighted by atomic mass is 32.1. The molecule has 0 atom stereocenters. The Balaban J connectivity index is 1.48. The molecular weight excluding hydrogens is 410 g/mol. The molecule has 6 nitrogen and oxygen atoms in total. The molecule has 4 aromatic rings. The lowest BCUT2D eigenvalue weighted by molar-refractivity contribution is 0.0692. The van der Waals surface area contributed by atoms with E-state index in [2.05, 4.69) is 45.8 Å². The minimum Gasteiger partial charge on any atom is -0.493 e. The van der Waals surface area contributed by atoms with E-state index in [1.54, 1.807) is 29.5 Å². The highest BCUT2D eigenvalue weighted by Gasteiger charge is 2.13. The van der Waals surface area contributed by atoms with Crippen molar-refractivity contribution in [2.24, 2.45) is 0 Å². The monoisotopic (exact) mass is 433 g/mol. The van der Waals surface area contributed by atoms with Crippen LogP contribution in [0.1, 0.15) is 28.4 Å². The van der Waals surface area contributed by atoms with Gasteiger partial charge >= 0.3 is 5.97 Å². The number of hydrogen-bond donors (Lipinski definition) is 2. The van der Waals surface area contributed by atoms with E-state index in [9.17, 15) is 9.90 Å². The third-order valence-electron chi connectivity index (χ3n) is 5.16. The quantitative estimate of drug-likeness (QED) is 0.386. The fourth-order valence-corrected chi connectivity index (χ4v) is 4.49. The standard InChI is InChI=1S/C24H23N3O3S/c1-3-30-21-12-18(6-7-19(21)24(28)29)20-13-22(27-14-26-20)25-10-8-16-4-5-17-9-11-31-23(17)15(16)2/h4-7,9,11-14H,3,8,10H2,1-2H3,(H,28,29)(H,25,26,27). The lowest BCUT2D eigenvalue weighted by Gasteiger charge is -2.11. The number of hydrogen-bond acceptors (Lipinski definition) is 6. The lowest BCUT2D eigenvalue weighted by Crippen LogP contribution is -2.07. The number of anilines is 1. The van der Waals surface area contributed by atoms with E-state index in [0.29, 0.717) is 18.1 Å². The van der Waals surface area contributed by atoms with Crippen LogP contribution in [0.25, 0.3) is 21.3 Å². The average Bonchev–Trinajstić information content (AvgIpc) is 3.25. The fraction of sp³-hybridized carbons (Fsp3) is 0.208. The first-order valence-electron chi connectivity index (χ1n) is 10.1. The zero-order valence-corrected chi connectivity index (χ0v) is 18.2. The van der Waals surface area contributed by atoms with E-state index in [1.807, 2.05) is 13.0 Å². The summed E-state index contributed by atoms with van der Waals surface area (Å²) in [5.41, 5.74) is 4.27. The van der Waals surface area contributed by atoms with Gasteiger partial charge in [0.2, 0.25) is 0 Å². The maximum Gasteiger partial charge on any atom is 0.339 e. The second kappa shape index (κ2) is 9.14. The Morgan fingerprint density at radius 2 is 2.03 bits per heavy atom. The number of nitrogens with zero attached hydrogens (tertiary/aromatic N) is 2. The molecule has 0 aliphatic carbocycles. The average molecular weight is 434 g/mol. The zero-order chi connectivity index (χ0) is 21.8. The van der Waals surface area contributed by atoms with Crippen LogP contribution < -0.4 is 10.1 Å². The Morgan fingerprint density at radius 1 is 1.16 bits per heavy atom. The van der Waals surface area contributed by atoms with E-state index < -0.39 is 5.97 Å². The number of benzene rings is 2. The molecule has 4 rings (SSSR count). The molecular formula is C24H23N3O3S. The Bertz CT molecular complexity index is 1240. The maximum atomic E-state index is 11.4. The molecule has 2 aromatic carbocycles. The van der Waals surface area contributed by atoms with Crippen molar-refractivity contribution in [3.63, 3.8) is 0 Å². The first kappa shape index (κ1) is 20.8. The predicted octanol–water partition coefficient (Wildman–Crippen LogP) is 5.42. The Kier molecular flexibility index (Phi) is 6.13. The molecule has 31 heavy (non-hydrogen) atoms. The number of aromatic nitrogens is 2. The molecule has 0 bridgehead atoms. The van der Waals surface area contributed by atoms with Gasteiger partial charge in [-0.1, -0.05) is 18.2 Å². The number of aryl methyl sites for hydroxylation is 1. The van der Waals surface area contributed by atoms with Gasteiger partial charge in [0.05, 0.1) is 12.3 Å². The first-order chi connectivity index (χ1) is 15.1. The smallest absolute Gasteiger partial charge is 0.339 e. The van der Waals surface area contributed by atoms with Crippen molar-refractivity contribution in [1.29, 1.82) is 0 Å². The van der Waals surface area contributed by atoms with Gasteiger partial charge in [0.25, 0.3) is 0 Å². The van der Waals surface area contributed by atoms with Crippen LogP contribution in [-0.2, 0) is 6.42 Å². The molecule has 0 spiro atoms. The lowest BCUT2D eigenvalue weighted by atomic mass is 10.0. The van der Waals surface area contributed by atoms with Gasteiger partial charge in [0.1, 0.15) is 23.5 Å². The molecule has 158 valence electrons. The number of fused-ring (bicyclic) bond motifs is 1. The Hall–Kier alpha value is -3.45. The molecule has 0 saturated carbocycles. The predicted molar refractivity (Wildman–Crippen MR) is 124 cm³/mol. The minimum atomic E-state index is -1.02. The van der Waals surface area contributed by atoms with Gasteiger partial charge in [0, 0.05) is 22.9 Å². The van der Waals surface area contributed by atoms with Crippen LogP contribution in [0, 0.1) is 6.92 Å². The van der Waals surface area contributed by atoms with Crippen molar-refractivity contribution < 1.29 is 14.6 Å². The molecule has 0 aliphatic heterocycles. The maximum absolute atomic E-state index is 11.4. The van der Waals surface area contributed by atoms with Crippen molar-refractivity contribution in [2.45, 2.75) is 20.3 Å². The van der Waals surface area contributed by atoms with Crippen LogP contribution in [0.5, 0.6) is 5.75 Å². The van der Waals surface area contributed by atoms with Gasteiger partial charge in [-0.25, -0.2) is 14.8 Å². The normalized spacial score (nSPS) is 10.9.